The van der Waals surface area contributed by atoms with Crippen molar-refractivity contribution in [3.8, 4) is 0 Å². The van der Waals surface area contributed by atoms with Crippen LogP contribution in [-0.4, -0.2) is 25.3 Å². The van der Waals surface area contributed by atoms with Crippen molar-refractivity contribution in [2.24, 2.45) is 5.92 Å². The third kappa shape index (κ3) is 3.12. The lowest BCUT2D eigenvalue weighted by atomic mass is 10.2. The van der Waals surface area contributed by atoms with Crippen LogP contribution in [0.2, 0.25) is 0 Å². The van der Waals surface area contributed by atoms with Crippen LogP contribution in [0.4, 0.5) is 8.78 Å². The summed E-state index contributed by atoms with van der Waals surface area (Å²) in [5, 5.41) is 0. The second kappa shape index (κ2) is 5.17. The fourth-order valence-electron chi connectivity index (χ4n) is 1.98. The summed E-state index contributed by atoms with van der Waals surface area (Å²) in [5.74, 6) is -1.66. The van der Waals surface area contributed by atoms with E-state index in [-0.39, 0.29) is 12.0 Å². The molecule has 1 saturated carbocycles. The molecule has 6 heteroatoms. The average Bonchev–Trinajstić information content (AvgIpc) is 3.08. The van der Waals surface area contributed by atoms with E-state index in [1.807, 2.05) is 13.8 Å². The Kier molecular flexibility index (Phi) is 3.92. The van der Waals surface area contributed by atoms with Crippen molar-refractivity contribution in [2.45, 2.75) is 37.6 Å². The van der Waals surface area contributed by atoms with Gasteiger partial charge in [-0.15, -0.1) is 0 Å². The molecule has 1 aromatic carbocycles. The quantitative estimate of drug-likeness (QED) is 0.836. The Morgan fingerprint density at radius 3 is 2.42 bits per heavy atom. The molecular formula is C13H17F2NO2S. The third-order valence-corrected chi connectivity index (χ3v) is 4.93. The molecule has 0 heterocycles. The van der Waals surface area contributed by atoms with E-state index in [9.17, 15) is 17.2 Å². The standard InChI is InChI=1S/C13H17F2NO2S/c1-9(2)8-16(11-4-5-11)19(17,18)13-6-3-10(14)7-12(13)15/h3,6-7,9,11H,4-5,8H2,1-2H3. The molecule has 0 radical (unpaired) electrons. The maximum Gasteiger partial charge on any atom is 0.246 e. The van der Waals surface area contributed by atoms with E-state index in [1.165, 1.54) is 4.31 Å². The van der Waals surface area contributed by atoms with E-state index in [0.717, 1.165) is 25.0 Å². The van der Waals surface area contributed by atoms with Crippen molar-refractivity contribution in [1.82, 2.24) is 4.31 Å². The summed E-state index contributed by atoms with van der Waals surface area (Å²) in [4.78, 5) is -0.443. The number of hydrogen-bond acceptors (Lipinski definition) is 2. The SMILES string of the molecule is CC(C)CN(C1CC1)S(=O)(=O)c1ccc(F)cc1F. The van der Waals surface area contributed by atoms with E-state index < -0.39 is 26.6 Å². The van der Waals surface area contributed by atoms with Gasteiger partial charge in [-0.2, -0.15) is 4.31 Å². The van der Waals surface area contributed by atoms with Crippen LogP contribution < -0.4 is 0 Å². The zero-order valence-corrected chi connectivity index (χ0v) is 11.8. The van der Waals surface area contributed by atoms with Gasteiger partial charge in [-0.05, 0) is 30.9 Å². The summed E-state index contributed by atoms with van der Waals surface area (Å²) in [6.07, 6.45) is 1.60. The first-order valence-corrected chi connectivity index (χ1v) is 7.73. The Hall–Kier alpha value is -1.01. The molecule has 19 heavy (non-hydrogen) atoms. The van der Waals surface area contributed by atoms with Crippen LogP contribution in [0.15, 0.2) is 23.1 Å². The number of nitrogens with zero attached hydrogens (tertiary/aromatic N) is 1. The Bertz CT molecular complexity index is 568. The summed E-state index contributed by atoms with van der Waals surface area (Å²) >= 11 is 0. The lowest BCUT2D eigenvalue weighted by molar-refractivity contribution is 0.358. The van der Waals surface area contributed by atoms with Crippen molar-refractivity contribution in [2.75, 3.05) is 6.54 Å². The highest BCUT2D eigenvalue weighted by Gasteiger charge is 2.39. The minimum absolute atomic E-state index is 0.0446. The van der Waals surface area contributed by atoms with E-state index in [1.54, 1.807) is 0 Å². The van der Waals surface area contributed by atoms with Crippen LogP contribution in [0.1, 0.15) is 26.7 Å². The fourth-order valence-corrected chi connectivity index (χ4v) is 3.87. The molecule has 2 rings (SSSR count). The molecule has 1 aliphatic carbocycles. The van der Waals surface area contributed by atoms with Gasteiger partial charge in [0.15, 0.2) is 0 Å². The molecule has 0 unspecified atom stereocenters. The number of rotatable bonds is 5. The average molecular weight is 289 g/mol. The summed E-state index contributed by atoms with van der Waals surface area (Å²) in [5.41, 5.74) is 0. The van der Waals surface area contributed by atoms with Crippen molar-refractivity contribution < 1.29 is 17.2 Å². The summed E-state index contributed by atoms with van der Waals surface area (Å²) in [6.45, 7) is 4.17. The second-order valence-corrected chi connectivity index (χ2v) is 7.13. The highest BCUT2D eigenvalue weighted by atomic mass is 32.2. The molecular weight excluding hydrogens is 272 g/mol. The maximum atomic E-state index is 13.7. The molecule has 0 spiro atoms. The normalized spacial score (nSPS) is 16.3. The molecule has 3 nitrogen and oxygen atoms in total. The van der Waals surface area contributed by atoms with Crippen LogP contribution in [-0.2, 0) is 10.0 Å². The zero-order chi connectivity index (χ0) is 14.2. The van der Waals surface area contributed by atoms with Crippen molar-refractivity contribution in [3.63, 3.8) is 0 Å². The first-order valence-electron chi connectivity index (χ1n) is 6.29. The van der Waals surface area contributed by atoms with Gasteiger partial charge in [0.25, 0.3) is 0 Å². The van der Waals surface area contributed by atoms with Crippen LogP contribution in [0.5, 0.6) is 0 Å². The highest BCUT2D eigenvalue weighted by molar-refractivity contribution is 7.89. The molecule has 0 amide bonds. The zero-order valence-electron chi connectivity index (χ0n) is 10.9. The molecule has 0 atom stereocenters. The van der Waals surface area contributed by atoms with E-state index in [2.05, 4.69) is 0 Å². The van der Waals surface area contributed by atoms with Gasteiger partial charge in [0.1, 0.15) is 16.5 Å². The van der Waals surface area contributed by atoms with Gasteiger partial charge in [-0.3, -0.25) is 0 Å². The number of sulfonamides is 1. The molecule has 1 fully saturated rings. The summed E-state index contributed by atoms with van der Waals surface area (Å²) in [7, 11) is -3.89. The molecule has 0 aromatic heterocycles. The Balaban J connectivity index is 2.38. The van der Waals surface area contributed by atoms with Gasteiger partial charge >= 0.3 is 0 Å². The lowest BCUT2D eigenvalue weighted by Crippen LogP contribution is -2.36. The van der Waals surface area contributed by atoms with E-state index in [0.29, 0.717) is 12.6 Å². The summed E-state index contributed by atoms with van der Waals surface area (Å²) < 4.78 is 52.8. The van der Waals surface area contributed by atoms with Gasteiger partial charge in [-0.1, -0.05) is 13.8 Å². The second-order valence-electron chi connectivity index (χ2n) is 5.27. The molecule has 0 N–H and O–H groups in total. The van der Waals surface area contributed by atoms with Gasteiger partial charge in [0, 0.05) is 18.7 Å². The molecule has 0 aliphatic heterocycles. The predicted molar refractivity (Wildman–Crippen MR) is 68.1 cm³/mol. The fraction of sp³-hybridized carbons (Fsp3) is 0.538. The monoisotopic (exact) mass is 289 g/mol. The number of halogens is 2. The molecule has 1 aliphatic rings. The smallest absolute Gasteiger partial charge is 0.207 e. The van der Waals surface area contributed by atoms with Crippen LogP contribution >= 0.6 is 0 Å². The highest BCUT2D eigenvalue weighted by Crippen LogP contribution is 2.33. The summed E-state index contributed by atoms with van der Waals surface area (Å²) in [6, 6.07) is 2.52. The van der Waals surface area contributed by atoms with Crippen LogP contribution in [0.25, 0.3) is 0 Å². The molecule has 106 valence electrons. The lowest BCUT2D eigenvalue weighted by Gasteiger charge is -2.23. The topological polar surface area (TPSA) is 37.4 Å². The maximum absolute atomic E-state index is 13.7. The predicted octanol–water partition coefficient (Wildman–Crippen LogP) is 2.77. The van der Waals surface area contributed by atoms with Crippen molar-refractivity contribution >= 4 is 10.0 Å². The molecule has 0 bridgehead atoms. The number of hydrogen-bond donors (Lipinski definition) is 0. The minimum Gasteiger partial charge on any atom is -0.207 e. The Morgan fingerprint density at radius 1 is 1.32 bits per heavy atom. The molecule has 1 aromatic rings. The van der Waals surface area contributed by atoms with E-state index >= 15 is 0 Å². The van der Waals surface area contributed by atoms with Crippen molar-refractivity contribution in [1.29, 1.82) is 0 Å². The first kappa shape index (κ1) is 14.4. The van der Waals surface area contributed by atoms with Crippen molar-refractivity contribution in [3.05, 3.63) is 29.8 Å². The van der Waals surface area contributed by atoms with Gasteiger partial charge < -0.3 is 0 Å². The Morgan fingerprint density at radius 2 is 1.95 bits per heavy atom. The van der Waals surface area contributed by atoms with Crippen LogP contribution in [0.3, 0.4) is 0 Å². The number of benzene rings is 1. The van der Waals surface area contributed by atoms with Gasteiger partial charge in [-0.25, -0.2) is 17.2 Å². The van der Waals surface area contributed by atoms with Crippen LogP contribution in [0, 0.1) is 17.6 Å². The van der Waals surface area contributed by atoms with Gasteiger partial charge in [0.2, 0.25) is 10.0 Å². The minimum atomic E-state index is -3.89. The third-order valence-electron chi connectivity index (χ3n) is 2.98. The Labute approximate surface area is 112 Å². The molecule has 0 saturated heterocycles. The first-order chi connectivity index (χ1) is 8.82. The largest absolute Gasteiger partial charge is 0.246 e. The van der Waals surface area contributed by atoms with E-state index in [4.69, 9.17) is 0 Å². The van der Waals surface area contributed by atoms with Gasteiger partial charge in [0.05, 0.1) is 0 Å².